The van der Waals surface area contributed by atoms with E-state index < -0.39 is 0 Å². The summed E-state index contributed by atoms with van der Waals surface area (Å²) >= 11 is 0. The molecule has 1 saturated carbocycles. The first kappa shape index (κ1) is 16.4. The molecule has 2 aromatic rings. The van der Waals surface area contributed by atoms with Crippen molar-refractivity contribution < 1.29 is 14.6 Å². The zero-order chi connectivity index (χ0) is 16.9. The summed E-state index contributed by atoms with van der Waals surface area (Å²) in [5.41, 5.74) is 1.93. The molecule has 4 nitrogen and oxygen atoms in total. The molecule has 0 atom stereocenters. The number of amides is 1. The monoisotopic (exact) mass is 325 g/mol. The molecule has 1 N–H and O–H groups in total. The highest BCUT2D eigenvalue weighted by atomic mass is 16.5. The Hall–Kier alpha value is -2.49. The van der Waals surface area contributed by atoms with Crippen LogP contribution in [-0.2, 0) is 17.8 Å². The number of ether oxygens (including phenoxy) is 1. The Kier molecular flexibility index (Phi) is 5.04. The maximum absolute atomic E-state index is 12.7. The largest absolute Gasteiger partial charge is 0.508 e. The molecule has 0 aliphatic heterocycles. The molecule has 0 aromatic heterocycles. The fraction of sp³-hybridized carbons (Fsp3) is 0.350. The minimum absolute atomic E-state index is 0.150. The van der Waals surface area contributed by atoms with Crippen molar-refractivity contribution in [3.05, 3.63) is 59.7 Å². The minimum atomic E-state index is 0.150. The lowest BCUT2D eigenvalue weighted by molar-refractivity contribution is -0.132. The number of nitrogens with zero attached hydrogens (tertiary/aromatic N) is 1. The number of hydrogen-bond donors (Lipinski definition) is 1. The highest BCUT2D eigenvalue weighted by Gasteiger charge is 2.32. The Balaban J connectivity index is 1.62. The molecule has 4 heteroatoms. The zero-order valence-corrected chi connectivity index (χ0v) is 13.9. The standard InChI is InChI=1S/C20H23NO3/c1-24-18-11-6-15(7-12-18)14-21(17-9-10-17)20(23)13-8-16-4-2-3-5-19(16)22/h2-7,11-12,17,22H,8-10,13-14H2,1H3. The number of hydrogen-bond acceptors (Lipinski definition) is 3. The number of aryl methyl sites for hydroxylation is 1. The summed E-state index contributed by atoms with van der Waals surface area (Å²) in [7, 11) is 1.65. The average molecular weight is 325 g/mol. The van der Waals surface area contributed by atoms with Gasteiger partial charge in [0.2, 0.25) is 5.91 Å². The lowest BCUT2D eigenvalue weighted by Crippen LogP contribution is -2.32. The Morgan fingerprint density at radius 1 is 1.17 bits per heavy atom. The van der Waals surface area contributed by atoms with Crippen molar-refractivity contribution in [2.75, 3.05) is 7.11 Å². The molecule has 0 spiro atoms. The number of methoxy groups -OCH3 is 1. The van der Waals surface area contributed by atoms with Gasteiger partial charge >= 0.3 is 0 Å². The Morgan fingerprint density at radius 3 is 2.50 bits per heavy atom. The summed E-state index contributed by atoms with van der Waals surface area (Å²) in [6.07, 6.45) is 3.15. The van der Waals surface area contributed by atoms with Gasteiger partial charge in [0.25, 0.3) is 0 Å². The SMILES string of the molecule is COc1ccc(CN(C(=O)CCc2ccccc2O)C2CC2)cc1. The third-order valence-corrected chi connectivity index (χ3v) is 4.42. The molecule has 0 unspecified atom stereocenters. The number of aromatic hydroxyl groups is 1. The second kappa shape index (κ2) is 7.39. The lowest BCUT2D eigenvalue weighted by atomic mass is 10.1. The van der Waals surface area contributed by atoms with Crippen LogP contribution in [-0.4, -0.2) is 29.1 Å². The van der Waals surface area contributed by atoms with Crippen LogP contribution in [0.4, 0.5) is 0 Å². The second-order valence-corrected chi connectivity index (χ2v) is 6.23. The Morgan fingerprint density at radius 2 is 1.88 bits per heavy atom. The number of para-hydroxylation sites is 1. The van der Waals surface area contributed by atoms with E-state index >= 15 is 0 Å². The van der Waals surface area contributed by atoms with Gasteiger partial charge in [-0.05, 0) is 48.6 Å². The molecule has 1 fully saturated rings. The minimum Gasteiger partial charge on any atom is -0.508 e. The van der Waals surface area contributed by atoms with E-state index in [9.17, 15) is 9.90 Å². The van der Waals surface area contributed by atoms with Gasteiger partial charge in [0.1, 0.15) is 11.5 Å². The maximum Gasteiger partial charge on any atom is 0.223 e. The van der Waals surface area contributed by atoms with Crippen molar-refractivity contribution in [2.24, 2.45) is 0 Å². The summed E-state index contributed by atoms with van der Waals surface area (Å²) in [5.74, 6) is 1.23. The van der Waals surface area contributed by atoms with Crippen LogP contribution in [0.15, 0.2) is 48.5 Å². The molecule has 24 heavy (non-hydrogen) atoms. The van der Waals surface area contributed by atoms with Crippen LogP contribution in [0.2, 0.25) is 0 Å². The van der Waals surface area contributed by atoms with E-state index in [0.29, 0.717) is 25.4 Å². The number of benzene rings is 2. The smallest absolute Gasteiger partial charge is 0.223 e. The van der Waals surface area contributed by atoms with E-state index in [1.54, 1.807) is 19.2 Å². The van der Waals surface area contributed by atoms with Gasteiger partial charge in [-0.15, -0.1) is 0 Å². The Labute approximate surface area is 142 Å². The number of phenolic OH excluding ortho intramolecular Hbond substituents is 1. The summed E-state index contributed by atoms with van der Waals surface area (Å²) in [6, 6.07) is 15.4. The molecular formula is C20H23NO3. The molecule has 126 valence electrons. The van der Waals surface area contributed by atoms with E-state index in [4.69, 9.17) is 4.74 Å². The zero-order valence-electron chi connectivity index (χ0n) is 13.9. The van der Waals surface area contributed by atoms with E-state index in [1.165, 1.54) is 0 Å². The van der Waals surface area contributed by atoms with Crippen LogP contribution in [0.1, 0.15) is 30.4 Å². The summed E-state index contributed by atoms with van der Waals surface area (Å²) < 4.78 is 5.18. The average Bonchev–Trinajstić information content (AvgIpc) is 3.44. The molecule has 0 radical (unpaired) electrons. The van der Waals surface area contributed by atoms with Gasteiger partial charge in [0.05, 0.1) is 7.11 Å². The van der Waals surface area contributed by atoms with Gasteiger partial charge < -0.3 is 14.7 Å². The lowest BCUT2D eigenvalue weighted by Gasteiger charge is -2.23. The van der Waals surface area contributed by atoms with Crippen molar-refractivity contribution in [2.45, 2.75) is 38.3 Å². The van der Waals surface area contributed by atoms with E-state index in [1.807, 2.05) is 41.3 Å². The first-order chi connectivity index (χ1) is 11.7. The van der Waals surface area contributed by atoms with Crippen molar-refractivity contribution in [3.8, 4) is 11.5 Å². The predicted molar refractivity (Wildman–Crippen MR) is 93.0 cm³/mol. The van der Waals surface area contributed by atoms with E-state index in [-0.39, 0.29) is 11.7 Å². The second-order valence-electron chi connectivity index (χ2n) is 6.23. The topological polar surface area (TPSA) is 49.8 Å². The fourth-order valence-corrected chi connectivity index (χ4v) is 2.84. The fourth-order valence-electron chi connectivity index (χ4n) is 2.84. The van der Waals surface area contributed by atoms with Gasteiger partial charge in [-0.2, -0.15) is 0 Å². The molecule has 3 rings (SSSR count). The number of carbonyl (C=O) groups excluding carboxylic acids is 1. The van der Waals surface area contributed by atoms with E-state index in [0.717, 1.165) is 29.7 Å². The van der Waals surface area contributed by atoms with Gasteiger partial charge in [-0.3, -0.25) is 4.79 Å². The molecule has 1 aliphatic carbocycles. The quantitative estimate of drug-likeness (QED) is 0.847. The third-order valence-electron chi connectivity index (χ3n) is 4.42. The van der Waals surface area contributed by atoms with Crippen LogP contribution in [0.25, 0.3) is 0 Å². The number of phenols is 1. The van der Waals surface area contributed by atoms with Crippen LogP contribution >= 0.6 is 0 Å². The first-order valence-corrected chi connectivity index (χ1v) is 8.36. The molecule has 0 bridgehead atoms. The number of rotatable bonds is 7. The molecule has 2 aromatic carbocycles. The summed E-state index contributed by atoms with van der Waals surface area (Å²) in [4.78, 5) is 14.6. The first-order valence-electron chi connectivity index (χ1n) is 8.36. The molecule has 0 heterocycles. The third kappa shape index (κ3) is 4.07. The molecule has 1 amide bonds. The van der Waals surface area contributed by atoms with E-state index in [2.05, 4.69) is 0 Å². The Bertz CT molecular complexity index is 692. The summed E-state index contributed by atoms with van der Waals surface area (Å²) in [5, 5.41) is 9.83. The van der Waals surface area contributed by atoms with Crippen LogP contribution in [0.3, 0.4) is 0 Å². The normalized spacial score (nSPS) is 13.5. The molecular weight excluding hydrogens is 302 g/mol. The van der Waals surface area contributed by atoms with Gasteiger partial charge in [0, 0.05) is 19.0 Å². The van der Waals surface area contributed by atoms with Gasteiger partial charge in [0.15, 0.2) is 0 Å². The van der Waals surface area contributed by atoms with Crippen molar-refractivity contribution >= 4 is 5.91 Å². The van der Waals surface area contributed by atoms with Crippen molar-refractivity contribution in [1.29, 1.82) is 0 Å². The van der Waals surface area contributed by atoms with Crippen molar-refractivity contribution in [1.82, 2.24) is 4.90 Å². The number of carbonyl (C=O) groups is 1. The van der Waals surface area contributed by atoms with Crippen LogP contribution < -0.4 is 4.74 Å². The summed E-state index contributed by atoms with van der Waals surface area (Å²) in [6.45, 7) is 0.633. The molecule has 1 aliphatic rings. The van der Waals surface area contributed by atoms with Gasteiger partial charge in [-0.1, -0.05) is 30.3 Å². The maximum atomic E-state index is 12.7. The van der Waals surface area contributed by atoms with Crippen LogP contribution in [0, 0.1) is 0 Å². The highest BCUT2D eigenvalue weighted by molar-refractivity contribution is 5.77. The van der Waals surface area contributed by atoms with Gasteiger partial charge in [-0.25, -0.2) is 0 Å². The van der Waals surface area contributed by atoms with Crippen LogP contribution in [0.5, 0.6) is 11.5 Å². The predicted octanol–water partition coefficient (Wildman–Crippen LogP) is 3.52. The highest BCUT2D eigenvalue weighted by Crippen LogP contribution is 2.30. The molecule has 0 saturated heterocycles. The van der Waals surface area contributed by atoms with Crippen molar-refractivity contribution in [3.63, 3.8) is 0 Å².